The van der Waals surface area contributed by atoms with Crippen LogP contribution < -0.4 is 9.47 Å². The van der Waals surface area contributed by atoms with Gasteiger partial charge in [-0.2, -0.15) is 8.78 Å². The van der Waals surface area contributed by atoms with E-state index in [1.165, 1.54) is 0 Å². The van der Waals surface area contributed by atoms with E-state index >= 15 is 0 Å². The number of halogens is 8. The Morgan fingerprint density at radius 1 is 0.784 bits per heavy atom. The highest BCUT2D eigenvalue weighted by atomic mass is 127. The van der Waals surface area contributed by atoms with Gasteiger partial charge in [0.05, 0.1) is 14.3 Å². The quantitative estimate of drug-likeness (QED) is 0.110. The number of esters is 3. The fourth-order valence-electron chi connectivity index (χ4n) is 2.26. The standard InChI is InChI=1S/C19H10F2I6O9S/c1-18(15(28)34-6-19(20,21)37(31,32)33,16(29)35-13-9(24)2-7(22)3-10(13)25)17(30)36-14-11(26)4-8(23)5-12(14)27/h2-5H,6H2,1H3,(H,31,32,33)/p-1. The van der Waals surface area contributed by atoms with Gasteiger partial charge in [0.2, 0.25) is 0 Å². The molecule has 0 N–H and O–H groups in total. The van der Waals surface area contributed by atoms with Crippen molar-refractivity contribution in [2.24, 2.45) is 5.41 Å². The minimum Gasteiger partial charge on any atom is -0.743 e. The second-order valence-corrected chi connectivity index (χ2v) is 15.6. The van der Waals surface area contributed by atoms with Gasteiger partial charge in [0.1, 0.15) is 0 Å². The lowest BCUT2D eigenvalue weighted by molar-refractivity contribution is -0.177. The monoisotopic (exact) mass is 1210 g/mol. The van der Waals surface area contributed by atoms with Crippen LogP contribution in [0.4, 0.5) is 8.78 Å². The molecule has 2 aromatic carbocycles. The van der Waals surface area contributed by atoms with Crippen LogP contribution >= 0.6 is 136 Å². The molecular formula is C19H9F2I6O9S-. The van der Waals surface area contributed by atoms with Crippen LogP contribution in [0.15, 0.2) is 24.3 Å². The first-order valence-electron chi connectivity index (χ1n) is 9.05. The first-order valence-corrected chi connectivity index (χ1v) is 16.9. The maximum atomic E-state index is 13.6. The maximum Gasteiger partial charge on any atom is 0.367 e. The Morgan fingerprint density at radius 2 is 1.11 bits per heavy atom. The number of carbonyl (C=O) groups is 3. The molecule has 0 saturated carbocycles. The molecule has 0 atom stereocenters. The van der Waals surface area contributed by atoms with Gasteiger partial charge in [-0.25, -0.2) is 18.0 Å². The molecule has 0 aromatic heterocycles. The summed E-state index contributed by atoms with van der Waals surface area (Å²) in [5.74, 6) is -5.03. The minimum absolute atomic E-state index is 0.0238. The van der Waals surface area contributed by atoms with Gasteiger partial charge in [-0.1, -0.05) is 0 Å². The van der Waals surface area contributed by atoms with Gasteiger partial charge < -0.3 is 18.8 Å². The number of carbonyl (C=O) groups excluding carboxylic acids is 3. The Balaban J connectivity index is 2.52. The van der Waals surface area contributed by atoms with E-state index in [0.717, 1.165) is 14.1 Å². The van der Waals surface area contributed by atoms with Crippen molar-refractivity contribution in [2.45, 2.75) is 12.2 Å². The Kier molecular flexibility index (Phi) is 12.3. The fraction of sp³-hybridized carbons (Fsp3) is 0.211. The van der Waals surface area contributed by atoms with E-state index in [1.807, 2.05) is 136 Å². The molecule has 9 nitrogen and oxygen atoms in total. The summed E-state index contributed by atoms with van der Waals surface area (Å²) in [6.45, 7) is -1.51. The van der Waals surface area contributed by atoms with Crippen LogP contribution in [0, 0.1) is 26.8 Å². The van der Waals surface area contributed by atoms with E-state index in [0.29, 0.717) is 14.3 Å². The van der Waals surface area contributed by atoms with Crippen molar-refractivity contribution < 1.29 is 50.3 Å². The van der Waals surface area contributed by atoms with Crippen molar-refractivity contribution in [1.29, 1.82) is 0 Å². The first-order chi connectivity index (χ1) is 16.8. The zero-order valence-electron chi connectivity index (χ0n) is 17.6. The lowest BCUT2D eigenvalue weighted by Crippen LogP contribution is -2.50. The predicted octanol–water partition coefficient (Wildman–Crippen LogP) is 5.51. The van der Waals surface area contributed by atoms with E-state index in [4.69, 9.17) is 9.47 Å². The summed E-state index contributed by atoms with van der Waals surface area (Å²) in [5.41, 5.74) is -2.99. The molecule has 0 spiro atoms. The van der Waals surface area contributed by atoms with Gasteiger partial charge in [-0.3, -0.25) is 4.79 Å². The number of ether oxygens (including phenoxy) is 3. The van der Waals surface area contributed by atoms with Gasteiger partial charge in [-0.15, -0.1) is 0 Å². The minimum atomic E-state index is -6.21. The summed E-state index contributed by atoms with van der Waals surface area (Å²) in [6.07, 6.45) is 0. The molecule has 37 heavy (non-hydrogen) atoms. The van der Waals surface area contributed by atoms with Crippen LogP contribution in [0.1, 0.15) is 6.92 Å². The molecule has 0 aliphatic carbocycles. The van der Waals surface area contributed by atoms with Crippen molar-refractivity contribution in [3.05, 3.63) is 45.7 Å². The molecular weight excluding hydrogens is 1200 g/mol. The van der Waals surface area contributed by atoms with Gasteiger partial charge in [0.25, 0.3) is 5.41 Å². The second kappa shape index (κ2) is 13.3. The van der Waals surface area contributed by atoms with Crippen LogP contribution in [0.25, 0.3) is 0 Å². The maximum absolute atomic E-state index is 13.6. The van der Waals surface area contributed by atoms with Crippen LogP contribution in [0.5, 0.6) is 11.5 Å². The van der Waals surface area contributed by atoms with Crippen LogP contribution in [0.2, 0.25) is 0 Å². The predicted molar refractivity (Wildman–Crippen MR) is 174 cm³/mol. The van der Waals surface area contributed by atoms with E-state index in [1.54, 1.807) is 24.3 Å². The zero-order valence-corrected chi connectivity index (χ0v) is 31.4. The zero-order chi connectivity index (χ0) is 28.5. The van der Waals surface area contributed by atoms with Crippen molar-refractivity contribution in [2.75, 3.05) is 6.61 Å². The Morgan fingerprint density at radius 3 is 1.41 bits per heavy atom. The molecule has 18 heteroatoms. The molecule has 202 valence electrons. The number of alkyl halides is 2. The van der Waals surface area contributed by atoms with Crippen LogP contribution in [0.3, 0.4) is 0 Å². The third kappa shape index (κ3) is 8.28. The summed E-state index contributed by atoms with van der Waals surface area (Å²) in [7, 11) is -6.21. The Hall–Kier alpha value is 1.000. The molecule has 2 aromatic rings. The van der Waals surface area contributed by atoms with Crippen molar-refractivity contribution >= 4 is 164 Å². The SMILES string of the molecule is CC(C(=O)OCC(F)(F)S(=O)(=O)[O-])(C(=O)Oc1c(I)cc(I)cc1I)C(=O)Oc1c(I)cc(I)cc1I. The average Bonchev–Trinajstić information content (AvgIpc) is 2.75. The highest BCUT2D eigenvalue weighted by molar-refractivity contribution is 14.1. The smallest absolute Gasteiger partial charge is 0.367 e. The normalized spacial score (nSPS) is 12.2. The van der Waals surface area contributed by atoms with E-state index < -0.39 is 45.3 Å². The highest BCUT2D eigenvalue weighted by Gasteiger charge is 2.55. The van der Waals surface area contributed by atoms with Gasteiger partial charge in [-0.05, 0) is 167 Å². The number of benzene rings is 2. The molecule has 0 unspecified atom stereocenters. The first kappa shape index (κ1) is 34.2. The van der Waals surface area contributed by atoms with Crippen LogP contribution in [-0.4, -0.2) is 42.7 Å². The summed E-state index contributed by atoms with van der Waals surface area (Å²) < 4.78 is 77.9. The third-order valence-corrected chi connectivity index (χ3v) is 9.58. The second-order valence-electron chi connectivity index (χ2n) is 6.97. The number of hydrogen-bond acceptors (Lipinski definition) is 9. The van der Waals surface area contributed by atoms with Crippen molar-refractivity contribution in [1.82, 2.24) is 0 Å². The van der Waals surface area contributed by atoms with Crippen LogP contribution in [-0.2, 0) is 29.2 Å². The molecule has 2 rings (SSSR count). The number of hydrogen-bond donors (Lipinski definition) is 0. The lowest BCUT2D eigenvalue weighted by Gasteiger charge is -2.26. The van der Waals surface area contributed by atoms with Crippen molar-refractivity contribution in [3.63, 3.8) is 0 Å². The highest BCUT2D eigenvalue weighted by Crippen LogP contribution is 2.35. The van der Waals surface area contributed by atoms with Gasteiger partial charge >= 0.3 is 23.2 Å². The lowest BCUT2D eigenvalue weighted by atomic mass is 9.91. The van der Waals surface area contributed by atoms with Gasteiger partial charge in [0.15, 0.2) is 28.2 Å². The Labute approximate surface area is 290 Å². The van der Waals surface area contributed by atoms with E-state index in [9.17, 15) is 36.1 Å². The molecule has 0 radical (unpaired) electrons. The third-order valence-electron chi connectivity index (χ3n) is 4.28. The van der Waals surface area contributed by atoms with E-state index in [-0.39, 0.29) is 11.5 Å². The molecule has 0 aliphatic heterocycles. The molecule has 0 aliphatic rings. The number of rotatable bonds is 8. The summed E-state index contributed by atoms with van der Waals surface area (Å²) in [6, 6.07) is 6.54. The summed E-state index contributed by atoms with van der Waals surface area (Å²) in [4.78, 5) is 39.4. The molecule has 0 heterocycles. The molecule has 0 fully saturated rings. The molecule has 0 saturated heterocycles. The molecule has 0 bridgehead atoms. The average molecular weight is 1210 g/mol. The molecule has 0 amide bonds. The fourth-order valence-corrected chi connectivity index (χ4v) is 10.1. The topological polar surface area (TPSA) is 136 Å². The Bertz CT molecular complexity index is 1270. The summed E-state index contributed by atoms with van der Waals surface area (Å²) in [5, 5.41) is -5.01. The van der Waals surface area contributed by atoms with Gasteiger partial charge in [0, 0.05) is 7.14 Å². The van der Waals surface area contributed by atoms with E-state index in [2.05, 4.69) is 4.74 Å². The summed E-state index contributed by atoms with van der Waals surface area (Å²) >= 11 is 11.4. The largest absolute Gasteiger partial charge is 0.743 e. The van der Waals surface area contributed by atoms with Crippen molar-refractivity contribution in [3.8, 4) is 11.5 Å².